The Morgan fingerprint density at radius 3 is 2.94 bits per heavy atom. The van der Waals surface area contributed by atoms with Gasteiger partial charge in [-0.25, -0.2) is 0 Å². The topological polar surface area (TPSA) is 88.2 Å². The van der Waals surface area contributed by atoms with Crippen LogP contribution in [0.15, 0.2) is 0 Å². The molecule has 3 N–H and O–H groups in total. The minimum Gasteiger partial charge on any atom is -0.396 e. The van der Waals surface area contributed by atoms with Crippen molar-refractivity contribution in [2.24, 2.45) is 5.92 Å². The summed E-state index contributed by atoms with van der Waals surface area (Å²) >= 11 is 5.72. The summed E-state index contributed by atoms with van der Waals surface area (Å²) in [6, 6.07) is 0. The van der Waals surface area contributed by atoms with Gasteiger partial charge in [-0.3, -0.25) is 0 Å². The quantitative estimate of drug-likeness (QED) is 0.795. The van der Waals surface area contributed by atoms with Crippen molar-refractivity contribution >= 4 is 23.5 Å². The molecule has 1 unspecified atom stereocenters. The molecule has 0 spiro atoms. The summed E-state index contributed by atoms with van der Waals surface area (Å²) in [6.45, 7) is 1.92. The maximum absolute atomic E-state index is 8.87. The molecule has 0 saturated carbocycles. The van der Waals surface area contributed by atoms with Gasteiger partial charge < -0.3 is 15.7 Å². The molecule has 1 atom stereocenters. The van der Waals surface area contributed by atoms with Crippen LogP contribution in [0.5, 0.6) is 0 Å². The molecule has 0 aromatic carbocycles. The molecule has 1 saturated heterocycles. The Morgan fingerprint density at radius 2 is 2.25 bits per heavy atom. The number of aliphatic hydroxyl groups excluding tert-OH is 1. The van der Waals surface area contributed by atoms with E-state index in [9.17, 15) is 0 Å². The van der Waals surface area contributed by atoms with E-state index in [0.29, 0.717) is 11.9 Å². The molecule has 16 heavy (non-hydrogen) atoms. The Balaban J connectivity index is 2.08. The van der Waals surface area contributed by atoms with E-state index in [0.717, 1.165) is 25.9 Å². The van der Waals surface area contributed by atoms with Crippen LogP contribution < -0.4 is 10.6 Å². The first-order valence-corrected chi connectivity index (χ1v) is 5.59. The number of nitrogen functional groups attached to an aromatic ring is 1. The lowest BCUT2D eigenvalue weighted by Crippen LogP contribution is -2.23. The van der Waals surface area contributed by atoms with E-state index in [1.807, 2.05) is 4.90 Å². The monoisotopic (exact) mass is 243 g/mol. The van der Waals surface area contributed by atoms with Gasteiger partial charge in [0.05, 0.1) is 0 Å². The number of nitrogens with zero attached hydrogens (tertiary/aromatic N) is 4. The first-order valence-electron chi connectivity index (χ1n) is 5.22. The predicted octanol–water partition coefficient (Wildman–Crippen LogP) is 0.316. The van der Waals surface area contributed by atoms with E-state index in [1.54, 1.807) is 0 Å². The lowest BCUT2D eigenvalue weighted by Gasteiger charge is -2.16. The predicted molar refractivity (Wildman–Crippen MR) is 61.3 cm³/mol. The summed E-state index contributed by atoms with van der Waals surface area (Å²) < 4.78 is 0. The number of anilines is 2. The maximum Gasteiger partial charge on any atom is 0.231 e. The van der Waals surface area contributed by atoms with Crippen molar-refractivity contribution in [2.45, 2.75) is 12.8 Å². The summed E-state index contributed by atoms with van der Waals surface area (Å²) in [5.41, 5.74) is 5.51. The zero-order valence-electron chi connectivity index (χ0n) is 8.80. The van der Waals surface area contributed by atoms with Crippen molar-refractivity contribution in [3.05, 3.63) is 5.28 Å². The number of aliphatic hydroxyl groups is 1. The molecule has 0 radical (unpaired) electrons. The molecule has 1 aliphatic heterocycles. The van der Waals surface area contributed by atoms with Gasteiger partial charge in [0.1, 0.15) is 0 Å². The Kier molecular flexibility index (Phi) is 3.40. The zero-order valence-corrected chi connectivity index (χ0v) is 9.56. The molecule has 1 aromatic heterocycles. The highest BCUT2D eigenvalue weighted by molar-refractivity contribution is 6.28. The molecule has 1 fully saturated rings. The van der Waals surface area contributed by atoms with Crippen LogP contribution in [0.3, 0.4) is 0 Å². The van der Waals surface area contributed by atoms with Crippen LogP contribution in [-0.4, -0.2) is 39.8 Å². The Hall–Kier alpha value is -1.14. The molecule has 2 heterocycles. The largest absolute Gasteiger partial charge is 0.396 e. The Morgan fingerprint density at radius 1 is 1.44 bits per heavy atom. The molecule has 6 nitrogen and oxygen atoms in total. The standard InChI is InChI=1S/C9H14ClN5O/c10-7-12-8(11)14-9(13-7)15-3-1-6(5-15)2-4-16/h6,16H,1-5H2,(H2,11,12,13,14). The average molecular weight is 244 g/mol. The lowest BCUT2D eigenvalue weighted by molar-refractivity contribution is 0.263. The Bertz CT molecular complexity index is 355. The van der Waals surface area contributed by atoms with Crippen molar-refractivity contribution in [2.75, 3.05) is 30.3 Å². The molecule has 1 aromatic rings. The van der Waals surface area contributed by atoms with Crippen LogP contribution in [-0.2, 0) is 0 Å². The fourth-order valence-corrected chi connectivity index (χ4v) is 2.09. The third-order valence-electron chi connectivity index (χ3n) is 2.72. The molecule has 0 amide bonds. The van der Waals surface area contributed by atoms with Crippen molar-refractivity contribution in [1.29, 1.82) is 0 Å². The first-order chi connectivity index (χ1) is 7.69. The second kappa shape index (κ2) is 4.80. The van der Waals surface area contributed by atoms with Crippen LogP contribution in [0.1, 0.15) is 12.8 Å². The average Bonchev–Trinajstić information content (AvgIpc) is 2.65. The lowest BCUT2D eigenvalue weighted by atomic mass is 10.1. The fourth-order valence-electron chi connectivity index (χ4n) is 1.93. The highest BCUT2D eigenvalue weighted by atomic mass is 35.5. The van der Waals surface area contributed by atoms with Crippen LogP contribution in [0.2, 0.25) is 5.28 Å². The number of nitrogens with two attached hydrogens (primary N) is 1. The third-order valence-corrected chi connectivity index (χ3v) is 2.89. The van der Waals surface area contributed by atoms with Gasteiger partial charge in [-0.05, 0) is 30.4 Å². The van der Waals surface area contributed by atoms with E-state index >= 15 is 0 Å². The van der Waals surface area contributed by atoms with Crippen LogP contribution in [0.4, 0.5) is 11.9 Å². The minimum absolute atomic E-state index is 0.119. The SMILES string of the molecule is Nc1nc(Cl)nc(N2CCC(CCO)C2)n1. The van der Waals surface area contributed by atoms with Gasteiger partial charge in [0, 0.05) is 19.7 Å². The molecule has 7 heteroatoms. The van der Waals surface area contributed by atoms with Crippen molar-refractivity contribution < 1.29 is 5.11 Å². The first kappa shape index (κ1) is 11.3. The highest BCUT2D eigenvalue weighted by Crippen LogP contribution is 2.23. The molecule has 88 valence electrons. The second-order valence-corrected chi connectivity index (χ2v) is 4.21. The van der Waals surface area contributed by atoms with Crippen molar-refractivity contribution in [1.82, 2.24) is 15.0 Å². The van der Waals surface area contributed by atoms with Gasteiger partial charge in [-0.1, -0.05) is 0 Å². The zero-order chi connectivity index (χ0) is 11.5. The van der Waals surface area contributed by atoms with E-state index in [4.69, 9.17) is 22.4 Å². The molecule has 1 aliphatic rings. The van der Waals surface area contributed by atoms with Gasteiger partial charge >= 0.3 is 0 Å². The van der Waals surface area contributed by atoms with Crippen molar-refractivity contribution in [3.63, 3.8) is 0 Å². The number of halogens is 1. The smallest absolute Gasteiger partial charge is 0.231 e. The van der Waals surface area contributed by atoms with Crippen LogP contribution >= 0.6 is 11.6 Å². The summed E-state index contributed by atoms with van der Waals surface area (Å²) in [6.07, 6.45) is 1.84. The van der Waals surface area contributed by atoms with Crippen molar-refractivity contribution in [3.8, 4) is 0 Å². The molecule has 2 rings (SSSR count). The normalized spacial score (nSPS) is 20.4. The van der Waals surface area contributed by atoms with Gasteiger partial charge in [0.25, 0.3) is 0 Å². The summed E-state index contributed by atoms with van der Waals surface area (Å²) in [5.74, 6) is 1.15. The maximum atomic E-state index is 8.87. The number of rotatable bonds is 3. The summed E-state index contributed by atoms with van der Waals surface area (Å²) in [7, 11) is 0. The van der Waals surface area contributed by atoms with E-state index in [-0.39, 0.29) is 17.8 Å². The minimum atomic E-state index is 0.119. The third kappa shape index (κ3) is 2.51. The van der Waals surface area contributed by atoms with Gasteiger partial charge in [0.15, 0.2) is 0 Å². The molecular formula is C9H14ClN5O. The highest BCUT2D eigenvalue weighted by Gasteiger charge is 2.24. The van der Waals surface area contributed by atoms with E-state index in [2.05, 4.69) is 15.0 Å². The molecule has 0 aliphatic carbocycles. The molecular weight excluding hydrogens is 230 g/mol. The van der Waals surface area contributed by atoms with Gasteiger partial charge in [-0.2, -0.15) is 15.0 Å². The molecule has 0 bridgehead atoms. The van der Waals surface area contributed by atoms with Crippen LogP contribution in [0.25, 0.3) is 0 Å². The fraction of sp³-hybridized carbons (Fsp3) is 0.667. The van der Waals surface area contributed by atoms with E-state index in [1.165, 1.54) is 0 Å². The summed E-state index contributed by atoms with van der Waals surface area (Å²) in [4.78, 5) is 13.8. The van der Waals surface area contributed by atoms with Crippen LogP contribution in [0, 0.1) is 5.92 Å². The van der Waals surface area contributed by atoms with E-state index < -0.39 is 0 Å². The number of aromatic nitrogens is 3. The number of hydrogen-bond donors (Lipinski definition) is 2. The summed E-state index contributed by atoms with van der Waals surface area (Å²) in [5, 5.41) is 8.99. The second-order valence-electron chi connectivity index (χ2n) is 3.88. The number of hydrogen-bond acceptors (Lipinski definition) is 6. The Labute approximate surface area is 98.5 Å². The van der Waals surface area contributed by atoms with Gasteiger partial charge in [-0.15, -0.1) is 0 Å². The van der Waals surface area contributed by atoms with Gasteiger partial charge in [0.2, 0.25) is 17.2 Å².